The van der Waals surface area contributed by atoms with Gasteiger partial charge < -0.3 is 21.1 Å². The van der Waals surface area contributed by atoms with Crippen molar-refractivity contribution < 1.29 is 46.1 Å². The lowest BCUT2D eigenvalue weighted by Gasteiger charge is -2.10. The van der Waals surface area contributed by atoms with Crippen LogP contribution in [-0.4, -0.2) is 47.2 Å². The van der Waals surface area contributed by atoms with Gasteiger partial charge in [0.15, 0.2) is 11.5 Å². The molecule has 7 N–H and O–H groups in total. The Bertz CT molecular complexity index is 3120. The van der Waals surface area contributed by atoms with Crippen LogP contribution in [0.1, 0.15) is 10.4 Å². The number of aromatic carboxylic acids is 1. The number of carboxylic acid groups (broad SMARTS) is 1. The van der Waals surface area contributed by atoms with Crippen molar-refractivity contribution in [2.45, 2.75) is 9.79 Å². The van der Waals surface area contributed by atoms with E-state index in [0.717, 1.165) is 12.1 Å². The molecule has 0 unspecified atom stereocenters. The number of carboxylic acids is 1. The Morgan fingerprint density at radius 1 is 0.518 bits per heavy atom. The monoisotopic (exact) mass is 791 g/mol. The van der Waals surface area contributed by atoms with E-state index in [1.807, 2.05) is 0 Å². The largest absolute Gasteiger partial charge is 0.505 e. The minimum atomic E-state index is -4.85. The summed E-state index contributed by atoms with van der Waals surface area (Å²) in [5.74, 6) is -3.03. The fraction of sp³-hybridized carbons (Fsp3) is 0. The molecule has 0 radical (unpaired) electrons. The van der Waals surface area contributed by atoms with E-state index in [1.165, 1.54) is 24.3 Å². The Balaban J connectivity index is 1.24. The van der Waals surface area contributed by atoms with Crippen molar-refractivity contribution in [1.82, 2.24) is 0 Å². The Hall–Kier alpha value is -7.19. The second kappa shape index (κ2) is 14.2. The van der Waals surface area contributed by atoms with Crippen LogP contribution in [0.3, 0.4) is 0 Å². The van der Waals surface area contributed by atoms with E-state index in [0.29, 0.717) is 44.7 Å². The molecule has 17 nitrogen and oxygen atoms in total. The smallest absolute Gasteiger partial charge is 0.339 e. The third-order valence-electron chi connectivity index (χ3n) is 8.49. The summed E-state index contributed by atoms with van der Waals surface area (Å²) in [5, 5.41) is 58.8. The van der Waals surface area contributed by atoms with Gasteiger partial charge in [-0.15, -0.1) is 30.7 Å². The van der Waals surface area contributed by atoms with Gasteiger partial charge in [0.2, 0.25) is 0 Å². The van der Waals surface area contributed by atoms with Crippen LogP contribution < -0.4 is 5.73 Å². The maximum atomic E-state index is 12.3. The van der Waals surface area contributed by atoms with Crippen molar-refractivity contribution in [3.05, 3.63) is 115 Å². The molecule has 7 rings (SSSR count). The minimum Gasteiger partial charge on any atom is -0.505 e. The highest BCUT2D eigenvalue weighted by molar-refractivity contribution is 7.86. The zero-order chi connectivity index (χ0) is 39.9. The van der Waals surface area contributed by atoms with Crippen molar-refractivity contribution in [2.75, 3.05) is 5.73 Å². The Morgan fingerprint density at radius 2 is 0.982 bits per heavy atom. The van der Waals surface area contributed by atoms with Gasteiger partial charge in [-0.25, -0.2) is 4.79 Å². The van der Waals surface area contributed by atoms with Crippen molar-refractivity contribution in [2.24, 2.45) is 30.7 Å². The van der Waals surface area contributed by atoms with Crippen LogP contribution in [0, 0.1) is 0 Å². The molecule has 0 aliphatic rings. The number of nitrogen functional groups attached to an aromatic ring is 1. The number of nitrogens with zero attached hydrogens (tertiary/aromatic N) is 6. The summed E-state index contributed by atoms with van der Waals surface area (Å²) in [7, 11) is -9.69. The van der Waals surface area contributed by atoms with E-state index >= 15 is 0 Å². The van der Waals surface area contributed by atoms with Crippen LogP contribution in [0.15, 0.2) is 150 Å². The number of hydrogen-bond acceptors (Lipinski definition) is 14. The van der Waals surface area contributed by atoms with Crippen molar-refractivity contribution in [3.63, 3.8) is 0 Å². The van der Waals surface area contributed by atoms with Gasteiger partial charge in [0.1, 0.15) is 21.8 Å². The summed E-state index contributed by atoms with van der Waals surface area (Å²) in [6.45, 7) is 0. The number of nitrogens with two attached hydrogens (primary N) is 1. The fourth-order valence-electron chi connectivity index (χ4n) is 5.85. The second-order valence-electron chi connectivity index (χ2n) is 12.0. The SMILES string of the molecule is Nc1ccc2c(O)c(N=Nc3ccc(N=Nc4ccc(N=Nc5cc(S(=O)(=O)O)cc(C(=O)O)c5O)c5ccccc45)c4ccccc34)c(S(=O)(=O)O)cc2c1. The molecule has 0 atom stereocenters. The molecule has 0 saturated carbocycles. The molecule has 0 aliphatic carbocycles. The Labute approximate surface area is 315 Å². The molecular formula is C37H25N7O10S2. The molecule has 0 fully saturated rings. The van der Waals surface area contributed by atoms with Gasteiger partial charge in [-0.1, -0.05) is 48.5 Å². The van der Waals surface area contributed by atoms with Crippen molar-refractivity contribution in [1.29, 1.82) is 0 Å². The third kappa shape index (κ3) is 7.20. The average Bonchev–Trinajstić information content (AvgIpc) is 3.15. The summed E-state index contributed by atoms with van der Waals surface area (Å²) < 4.78 is 67.5. The van der Waals surface area contributed by atoms with Crippen LogP contribution in [0.4, 0.5) is 39.8 Å². The first-order valence-corrected chi connectivity index (χ1v) is 18.9. The summed E-state index contributed by atoms with van der Waals surface area (Å²) in [6.07, 6.45) is 0. The van der Waals surface area contributed by atoms with Crippen LogP contribution >= 0.6 is 0 Å². The van der Waals surface area contributed by atoms with Crippen LogP contribution in [0.5, 0.6) is 11.5 Å². The molecule has 7 aromatic rings. The van der Waals surface area contributed by atoms with Gasteiger partial charge >= 0.3 is 5.97 Å². The Kier molecular flexibility index (Phi) is 9.44. The lowest BCUT2D eigenvalue weighted by molar-refractivity contribution is 0.0693. The van der Waals surface area contributed by atoms with Gasteiger partial charge in [-0.05, 0) is 66.0 Å². The van der Waals surface area contributed by atoms with E-state index in [1.54, 1.807) is 66.7 Å². The highest BCUT2D eigenvalue weighted by atomic mass is 32.2. The van der Waals surface area contributed by atoms with Crippen molar-refractivity contribution >= 4 is 98.3 Å². The van der Waals surface area contributed by atoms with Crippen molar-refractivity contribution in [3.8, 4) is 11.5 Å². The molecule has 0 saturated heterocycles. The highest BCUT2D eigenvalue weighted by Crippen LogP contribution is 2.44. The first-order chi connectivity index (χ1) is 26.6. The molecule has 7 aromatic carbocycles. The van der Waals surface area contributed by atoms with Gasteiger partial charge in [-0.3, -0.25) is 9.11 Å². The number of azo groups is 3. The maximum Gasteiger partial charge on any atom is 0.339 e. The summed E-state index contributed by atoms with van der Waals surface area (Å²) in [6, 6.07) is 27.1. The molecule has 0 heterocycles. The summed E-state index contributed by atoms with van der Waals surface area (Å²) >= 11 is 0. The quantitative estimate of drug-likeness (QED) is 0.0454. The topological polar surface area (TPSA) is 287 Å². The predicted octanol–water partition coefficient (Wildman–Crippen LogP) is 9.58. The summed E-state index contributed by atoms with van der Waals surface area (Å²) in [5.41, 5.74) is 5.68. The molecule has 0 aliphatic heterocycles. The second-order valence-corrected chi connectivity index (χ2v) is 14.9. The fourth-order valence-corrected chi connectivity index (χ4v) is 7.03. The molecule has 56 heavy (non-hydrogen) atoms. The Morgan fingerprint density at radius 3 is 1.43 bits per heavy atom. The highest BCUT2D eigenvalue weighted by Gasteiger charge is 2.23. The van der Waals surface area contributed by atoms with E-state index in [-0.39, 0.29) is 22.1 Å². The van der Waals surface area contributed by atoms with Gasteiger partial charge in [0.05, 0.1) is 27.6 Å². The zero-order valence-corrected chi connectivity index (χ0v) is 29.9. The minimum absolute atomic E-state index is 0.240. The normalized spacial score (nSPS) is 12.5. The number of fused-ring (bicyclic) bond motifs is 3. The number of phenols is 2. The number of aromatic hydroxyl groups is 2. The number of phenolic OH excluding ortho intramolecular Hbond substituents is 1. The molecule has 0 amide bonds. The maximum absolute atomic E-state index is 12.3. The first kappa shape index (κ1) is 37.1. The number of benzene rings is 7. The number of carbonyl (C=O) groups is 1. The van der Waals surface area contributed by atoms with Crippen LogP contribution in [0.2, 0.25) is 0 Å². The van der Waals surface area contributed by atoms with Gasteiger partial charge in [0, 0.05) is 32.6 Å². The third-order valence-corrected chi connectivity index (χ3v) is 10.2. The standard InChI is InChI=1S/C37H25N7O10S2/c38-20-9-10-22-19(15-20)16-33(56(52,53)54)34(36(22)46)44-42-31-14-13-29(25-7-3-4-8-26(25)31)40-39-28-11-12-30(24-6-2-1-5-23(24)28)41-43-32-18-21(55(49,50)51)17-27(35(32)45)37(47)48/h1-18,45-46H,38H2,(H,47,48)(H,49,50,51)(H,52,53,54). The molecule has 19 heteroatoms. The van der Waals surface area contributed by atoms with Crippen LogP contribution in [-0.2, 0) is 20.2 Å². The lowest BCUT2D eigenvalue weighted by atomic mass is 10.1. The lowest BCUT2D eigenvalue weighted by Crippen LogP contribution is -2.03. The average molecular weight is 792 g/mol. The van der Waals surface area contributed by atoms with E-state index in [2.05, 4.69) is 30.7 Å². The molecule has 0 spiro atoms. The molecular weight excluding hydrogens is 767 g/mol. The molecule has 280 valence electrons. The van der Waals surface area contributed by atoms with E-state index in [4.69, 9.17) is 5.73 Å². The predicted molar refractivity (Wildman–Crippen MR) is 205 cm³/mol. The summed E-state index contributed by atoms with van der Waals surface area (Å²) in [4.78, 5) is 10.1. The van der Waals surface area contributed by atoms with E-state index in [9.17, 15) is 46.1 Å². The number of hydrogen-bond donors (Lipinski definition) is 6. The van der Waals surface area contributed by atoms with Gasteiger partial charge in [-0.2, -0.15) is 16.8 Å². The van der Waals surface area contributed by atoms with Gasteiger partial charge in [0.25, 0.3) is 20.2 Å². The van der Waals surface area contributed by atoms with Crippen LogP contribution in [0.25, 0.3) is 32.3 Å². The number of anilines is 1. The first-order valence-electron chi connectivity index (χ1n) is 16.0. The molecule has 0 aromatic heterocycles. The molecule has 0 bridgehead atoms. The van der Waals surface area contributed by atoms with E-state index < -0.39 is 64.4 Å². The zero-order valence-electron chi connectivity index (χ0n) is 28.2. The number of rotatable bonds is 9.